The Morgan fingerprint density at radius 1 is 1.17 bits per heavy atom. The molecular weight excluding hydrogens is 300 g/mol. The topological polar surface area (TPSA) is 41.6 Å². The maximum absolute atomic E-state index is 12.3. The molecule has 3 aliphatic rings. The molecule has 2 saturated heterocycles. The Kier molecular flexibility index (Phi) is 4.86. The van der Waals surface area contributed by atoms with Crippen molar-refractivity contribution in [3.63, 3.8) is 0 Å². The fourth-order valence-corrected chi connectivity index (χ4v) is 4.48. The number of benzene rings is 1. The van der Waals surface area contributed by atoms with Crippen LogP contribution in [0.15, 0.2) is 30.3 Å². The molecule has 1 N–H and O–H groups in total. The number of hydrogen-bond donors (Lipinski definition) is 1. The van der Waals surface area contributed by atoms with Crippen molar-refractivity contribution in [2.45, 2.75) is 50.8 Å². The molecular formula is C20H28N2O2. The molecule has 130 valence electrons. The lowest BCUT2D eigenvalue weighted by Gasteiger charge is -2.39. The quantitative estimate of drug-likeness (QED) is 0.903. The predicted molar refractivity (Wildman–Crippen MR) is 93.5 cm³/mol. The van der Waals surface area contributed by atoms with Gasteiger partial charge in [-0.25, -0.2) is 0 Å². The van der Waals surface area contributed by atoms with Gasteiger partial charge in [0.2, 0.25) is 5.91 Å². The van der Waals surface area contributed by atoms with Crippen LogP contribution in [-0.4, -0.2) is 42.6 Å². The minimum absolute atomic E-state index is 0.256. The van der Waals surface area contributed by atoms with Crippen molar-refractivity contribution < 1.29 is 9.53 Å². The van der Waals surface area contributed by atoms with Gasteiger partial charge >= 0.3 is 0 Å². The highest BCUT2D eigenvalue weighted by Crippen LogP contribution is 2.38. The van der Waals surface area contributed by atoms with Gasteiger partial charge in [-0.05, 0) is 50.3 Å². The summed E-state index contributed by atoms with van der Waals surface area (Å²) in [6.07, 6.45) is 5.55. The van der Waals surface area contributed by atoms with Gasteiger partial charge in [-0.1, -0.05) is 30.3 Å². The largest absolute Gasteiger partial charge is 0.378 e. The van der Waals surface area contributed by atoms with Crippen LogP contribution >= 0.6 is 0 Å². The number of ether oxygens (including phenoxy) is 1. The van der Waals surface area contributed by atoms with Crippen molar-refractivity contribution in [1.82, 2.24) is 10.2 Å². The zero-order valence-corrected chi connectivity index (χ0v) is 14.3. The number of nitrogens with one attached hydrogen (secondary N) is 1. The average molecular weight is 328 g/mol. The van der Waals surface area contributed by atoms with E-state index in [1.165, 1.54) is 5.56 Å². The molecule has 4 heteroatoms. The molecule has 2 heterocycles. The van der Waals surface area contributed by atoms with E-state index in [0.717, 1.165) is 51.9 Å². The number of carbonyl (C=O) groups is 1. The summed E-state index contributed by atoms with van der Waals surface area (Å²) in [7, 11) is 0. The zero-order valence-electron chi connectivity index (χ0n) is 14.3. The van der Waals surface area contributed by atoms with E-state index in [4.69, 9.17) is 4.74 Å². The van der Waals surface area contributed by atoms with Crippen LogP contribution in [0, 0.1) is 11.8 Å². The number of hydrogen-bond acceptors (Lipinski definition) is 3. The summed E-state index contributed by atoms with van der Waals surface area (Å²) in [5.74, 6) is 1.39. The molecule has 0 spiro atoms. The average Bonchev–Trinajstić information content (AvgIpc) is 2.97. The van der Waals surface area contributed by atoms with Crippen molar-refractivity contribution in [1.29, 1.82) is 0 Å². The Hall–Kier alpha value is -1.39. The Balaban J connectivity index is 1.17. The van der Waals surface area contributed by atoms with Gasteiger partial charge in [-0.3, -0.25) is 9.69 Å². The summed E-state index contributed by atoms with van der Waals surface area (Å²) in [5.41, 5.74) is 1.38. The number of amides is 1. The van der Waals surface area contributed by atoms with Gasteiger partial charge in [-0.15, -0.1) is 0 Å². The maximum Gasteiger partial charge on any atom is 0.220 e. The fourth-order valence-electron chi connectivity index (χ4n) is 4.48. The second-order valence-corrected chi connectivity index (χ2v) is 7.68. The molecule has 0 bridgehead atoms. The van der Waals surface area contributed by atoms with Crippen LogP contribution in [0.25, 0.3) is 0 Å². The second-order valence-electron chi connectivity index (χ2n) is 7.68. The van der Waals surface area contributed by atoms with E-state index in [1.807, 2.05) is 0 Å². The van der Waals surface area contributed by atoms with Crippen molar-refractivity contribution in [2.24, 2.45) is 11.8 Å². The first kappa shape index (κ1) is 16.1. The first-order valence-electron chi connectivity index (χ1n) is 9.45. The van der Waals surface area contributed by atoms with Crippen LogP contribution < -0.4 is 5.32 Å². The van der Waals surface area contributed by atoms with Gasteiger partial charge in [0.1, 0.15) is 0 Å². The zero-order chi connectivity index (χ0) is 16.4. The highest BCUT2D eigenvalue weighted by molar-refractivity contribution is 5.76. The summed E-state index contributed by atoms with van der Waals surface area (Å²) in [6.45, 7) is 4.12. The molecule has 0 aromatic heterocycles. The highest BCUT2D eigenvalue weighted by Gasteiger charge is 2.45. The van der Waals surface area contributed by atoms with E-state index in [9.17, 15) is 4.79 Å². The van der Waals surface area contributed by atoms with Crippen LogP contribution in [0.1, 0.15) is 37.7 Å². The number of carbonyl (C=O) groups excluding carboxylic acids is 1. The third-order valence-corrected chi connectivity index (χ3v) is 6.04. The normalized spacial score (nSPS) is 30.6. The number of piperidine rings is 1. The van der Waals surface area contributed by atoms with Crippen LogP contribution in [0.3, 0.4) is 0 Å². The first-order chi connectivity index (χ1) is 11.8. The monoisotopic (exact) mass is 328 g/mol. The van der Waals surface area contributed by atoms with Crippen LogP contribution in [0.4, 0.5) is 0 Å². The van der Waals surface area contributed by atoms with Crippen LogP contribution in [-0.2, 0) is 16.1 Å². The minimum Gasteiger partial charge on any atom is -0.378 e. The van der Waals surface area contributed by atoms with E-state index in [-0.39, 0.29) is 5.91 Å². The smallest absolute Gasteiger partial charge is 0.220 e. The fraction of sp³-hybridized carbons (Fsp3) is 0.650. The Labute approximate surface area is 144 Å². The standard InChI is InChI=1S/C20H28N2O2/c23-20(21-18-13-19-17(18)8-11-24-19)12-15-6-9-22(10-7-15)14-16-4-2-1-3-5-16/h1-5,15,17-19H,6-14H2,(H,21,23)/t17-,18+,19+/m0/s1. The Morgan fingerprint density at radius 3 is 2.71 bits per heavy atom. The van der Waals surface area contributed by atoms with E-state index >= 15 is 0 Å². The first-order valence-corrected chi connectivity index (χ1v) is 9.45. The molecule has 0 radical (unpaired) electrons. The van der Waals surface area contributed by atoms with E-state index in [1.54, 1.807) is 0 Å². The van der Waals surface area contributed by atoms with Gasteiger partial charge in [0.25, 0.3) is 0 Å². The molecule has 3 atom stereocenters. The maximum atomic E-state index is 12.3. The second kappa shape index (κ2) is 7.24. The molecule has 24 heavy (non-hydrogen) atoms. The third-order valence-electron chi connectivity index (χ3n) is 6.04. The molecule has 4 rings (SSSR count). The van der Waals surface area contributed by atoms with Gasteiger partial charge in [0, 0.05) is 31.5 Å². The summed E-state index contributed by atoms with van der Waals surface area (Å²) >= 11 is 0. The Morgan fingerprint density at radius 2 is 1.96 bits per heavy atom. The van der Waals surface area contributed by atoms with Crippen LogP contribution in [0.5, 0.6) is 0 Å². The van der Waals surface area contributed by atoms with Gasteiger partial charge < -0.3 is 10.1 Å². The summed E-state index contributed by atoms with van der Waals surface area (Å²) in [6, 6.07) is 11.0. The van der Waals surface area contributed by atoms with Crippen molar-refractivity contribution in [3.8, 4) is 0 Å². The van der Waals surface area contributed by atoms with E-state index in [2.05, 4.69) is 40.5 Å². The lowest BCUT2D eigenvalue weighted by molar-refractivity contribution is -0.125. The number of rotatable bonds is 5. The lowest BCUT2D eigenvalue weighted by atomic mass is 9.76. The van der Waals surface area contributed by atoms with Gasteiger partial charge in [-0.2, -0.15) is 0 Å². The molecule has 4 nitrogen and oxygen atoms in total. The lowest BCUT2D eigenvalue weighted by Crippen LogP contribution is -2.53. The van der Waals surface area contributed by atoms with Gasteiger partial charge in [0.15, 0.2) is 0 Å². The summed E-state index contributed by atoms with van der Waals surface area (Å²) in [4.78, 5) is 14.8. The summed E-state index contributed by atoms with van der Waals surface area (Å²) in [5, 5.41) is 3.25. The molecule has 0 unspecified atom stereocenters. The number of fused-ring (bicyclic) bond motifs is 1. The SMILES string of the molecule is O=C(CC1CCN(Cc2ccccc2)CC1)N[C@@H]1C[C@H]2OCC[C@@H]12. The molecule has 1 aromatic rings. The third kappa shape index (κ3) is 3.65. The molecule has 1 aliphatic carbocycles. The van der Waals surface area contributed by atoms with E-state index < -0.39 is 0 Å². The van der Waals surface area contributed by atoms with Gasteiger partial charge in [0.05, 0.1) is 6.10 Å². The highest BCUT2D eigenvalue weighted by atomic mass is 16.5. The molecule has 2 aliphatic heterocycles. The molecule has 3 fully saturated rings. The van der Waals surface area contributed by atoms with Crippen molar-refractivity contribution in [2.75, 3.05) is 19.7 Å². The number of nitrogens with zero attached hydrogens (tertiary/aromatic N) is 1. The molecule has 1 aromatic carbocycles. The van der Waals surface area contributed by atoms with Crippen LogP contribution in [0.2, 0.25) is 0 Å². The molecule has 1 saturated carbocycles. The van der Waals surface area contributed by atoms with E-state index in [0.29, 0.717) is 30.4 Å². The summed E-state index contributed by atoms with van der Waals surface area (Å²) < 4.78 is 5.62. The van der Waals surface area contributed by atoms with Crippen molar-refractivity contribution in [3.05, 3.63) is 35.9 Å². The number of likely N-dealkylation sites (tertiary alicyclic amines) is 1. The van der Waals surface area contributed by atoms with Crippen molar-refractivity contribution >= 4 is 5.91 Å². The Bertz CT molecular complexity index is 554. The molecule has 1 amide bonds. The predicted octanol–water partition coefficient (Wildman–Crippen LogP) is 2.58. The minimum atomic E-state index is 0.256.